The van der Waals surface area contributed by atoms with Crippen LogP contribution in [0.5, 0.6) is 17.2 Å². The maximum Gasteiger partial charge on any atom is 0.261 e. The van der Waals surface area contributed by atoms with Gasteiger partial charge in [0.05, 0.1) is 32.6 Å². The van der Waals surface area contributed by atoms with E-state index in [9.17, 15) is 4.79 Å². The molecule has 2 N–H and O–H groups in total. The number of methoxy groups -OCH3 is 3. The summed E-state index contributed by atoms with van der Waals surface area (Å²) in [4.78, 5) is 12.4. The fourth-order valence-electron chi connectivity index (χ4n) is 2.08. The van der Waals surface area contributed by atoms with Crippen molar-refractivity contribution in [3.05, 3.63) is 46.4 Å². The Balaban J connectivity index is 2.13. The molecule has 2 aromatic rings. The fraction of sp³-hybridized carbons (Fsp3) is 0.176. The minimum absolute atomic E-state index is 0.135. The average molecular weight is 425 g/mol. The van der Waals surface area contributed by atoms with Crippen molar-refractivity contribution in [3.8, 4) is 17.2 Å². The first-order valence-electron chi connectivity index (χ1n) is 7.16. The van der Waals surface area contributed by atoms with Gasteiger partial charge in [-0.15, -0.1) is 0 Å². The largest absolute Gasteiger partial charge is 0.497 e. The number of hydrogen-bond acceptors (Lipinski definition) is 5. The van der Waals surface area contributed by atoms with Crippen molar-refractivity contribution in [1.29, 1.82) is 0 Å². The summed E-state index contributed by atoms with van der Waals surface area (Å²) in [5, 5.41) is 5.69. The van der Waals surface area contributed by atoms with Gasteiger partial charge in [0.15, 0.2) is 5.11 Å². The first kappa shape index (κ1) is 19.0. The Morgan fingerprint density at radius 1 is 1.00 bits per heavy atom. The molecule has 2 rings (SSSR count). The van der Waals surface area contributed by atoms with Crippen molar-refractivity contribution in [2.75, 3.05) is 26.6 Å². The molecule has 0 saturated carbocycles. The Hall–Kier alpha value is -2.32. The molecule has 8 heteroatoms. The average Bonchev–Trinajstić information content (AvgIpc) is 2.61. The quantitative estimate of drug-likeness (QED) is 0.714. The SMILES string of the molecule is COc1ccc(NC(=S)NC(=O)c2cc(Br)ccc2OC)c(OC)c1. The third-order valence-corrected chi connectivity index (χ3v) is 3.99. The van der Waals surface area contributed by atoms with Crippen molar-refractivity contribution in [1.82, 2.24) is 5.32 Å². The van der Waals surface area contributed by atoms with Gasteiger partial charge in [-0.2, -0.15) is 0 Å². The molecular formula is C17H17BrN2O4S. The van der Waals surface area contributed by atoms with Crippen LogP contribution in [-0.4, -0.2) is 32.3 Å². The lowest BCUT2D eigenvalue weighted by molar-refractivity contribution is 0.0974. The fourth-order valence-corrected chi connectivity index (χ4v) is 2.65. The van der Waals surface area contributed by atoms with Gasteiger partial charge in [0.25, 0.3) is 5.91 Å². The van der Waals surface area contributed by atoms with Gasteiger partial charge in [0, 0.05) is 10.5 Å². The zero-order valence-corrected chi connectivity index (χ0v) is 16.3. The number of halogens is 1. The van der Waals surface area contributed by atoms with E-state index in [-0.39, 0.29) is 11.0 Å². The van der Waals surface area contributed by atoms with E-state index in [1.165, 1.54) is 14.2 Å². The van der Waals surface area contributed by atoms with E-state index in [0.29, 0.717) is 28.5 Å². The van der Waals surface area contributed by atoms with Gasteiger partial charge in [-0.05, 0) is 42.5 Å². The van der Waals surface area contributed by atoms with E-state index in [4.69, 9.17) is 26.4 Å². The summed E-state index contributed by atoms with van der Waals surface area (Å²) < 4.78 is 16.4. The summed E-state index contributed by atoms with van der Waals surface area (Å²) in [6.45, 7) is 0. The summed E-state index contributed by atoms with van der Waals surface area (Å²) >= 11 is 8.54. The van der Waals surface area contributed by atoms with Crippen LogP contribution < -0.4 is 24.8 Å². The maximum absolute atomic E-state index is 12.4. The topological polar surface area (TPSA) is 68.8 Å². The maximum atomic E-state index is 12.4. The Bertz CT molecular complexity index is 798. The smallest absolute Gasteiger partial charge is 0.261 e. The highest BCUT2D eigenvalue weighted by molar-refractivity contribution is 9.10. The van der Waals surface area contributed by atoms with Crippen LogP contribution in [0.2, 0.25) is 0 Å². The van der Waals surface area contributed by atoms with Gasteiger partial charge in [0.1, 0.15) is 17.2 Å². The van der Waals surface area contributed by atoms with Crippen LogP contribution in [0.4, 0.5) is 5.69 Å². The van der Waals surface area contributed by atoms with Crippen LogP contribution in [0.25, 0.3) is 0 Å². The Morgan fingerprint density at radius 3 is 2.36 bits per heavy atom. The summed E-state index contributed by atoms with van der Waals surface area (Å²) in [7, 11) is 4.60. The van der Waals surface area contributed by atoms with Gasteiger partial charge in [-0.1, -0.05) is 15.9 Å². The molecule has 0 aromatic heterocycles. The number of anilines is 1. The van der Waals surface area contributed by atoms with Gasteiger partial charge >= 0.3 is 0 Å². The highest BCUT2D eigenvalue weighted by atomic mass is 79.9. The van der Waals surface area contributed by atoms with Gasteiger partial charge in [0.2, 0.25) is 0 Å². The summed E-state index contributed by atoms with van der Waals surface area (Å²) in [6.07, 6.45) is 0. The lowest BCUT2D eigenvalue weighted by atomic mass is 10.2. The molecule has 0 aliphatic heterocycles. The second-order valence-corrected chi connectivity index (χ2v) is 6.14. The normalized spacial score (nSPS) is 9.92. The van der Waals surface area contributed by atoms with Crippen LogP contribution in [-0.2, 0) is 0 Å². The van der Waals surface area contributed by atoms with Crippen molar-refractivity contribution in [2.24, 2.45) is 0 Å². The van der Waals surface area contributed by atoms with Gasteiger partial charge in [-0.25, -0.2) is 0 Å². The number of thiocarbonyl (C=S) groups is 1. The van der Waals surface area contributed by atoms with E-state index in [1.807, 2.05) is 0 Å². The first-order chi connectivity index (χ1) is 12.0. The number of benzene rings is 2. The molecule has 6 nitrogen and oxygen atoms in total. The molecule has 0 spiro atoms. The molecule has 0 bridgehead atoms. The van der Waals surface area contributed by atoms with Crippen molar-refractivity contribution >= 4 is 44.9 Å². The number of ether oxygens (including phenoxy) is 3. The predicted octanol–water partition coefficient (Wildman–Crippen LogP) is 3.60. The van der Waals surface area contributed by atoms with Crippen LogP contribution in [0.15, 0.2) is 40.9 Å². The number of rotatable bonds is 5. The van der Waals surface area contributed by atoms with Gasteiger partial charge < -0.3 is 19.5 Å². The third kappa shape index (κ3) is 4.83. The Morgan fingerprint density at radius 2 is 1.72 bits per heavy atom. The van der Waals surface area contributed by atoms with Crippen LogP contribution >= 0.6 is 28.1 Å². The van der Waals surface area contributed by atoms with E-state index in [2.05, 4.69) is 26.6 Å². The Labute approximate surface area is 159 Å². The van der Waals surface area contributed by atoms with Crippen molar-refractivity contribution in [3.63, 3.8) is 0 Å². The summed E-state index contributed by atoms with van der Waals surface area (Å²) in [6, 6.07) is 10.4. The van der Waals surface area contributed by atoms with Crippen LogP contribution in [0.3, 0.4) is 0 Å². The lowest BCUT2D eigenvalue weighted by Gasteiger charge is -2.14. The van der Waals surface area contributed by atoms with Crippen molar-refractivity contribution in [2.45, 2.75) is 0 Å². The monoisotopic (exact) mass is 424 g/mol. The molecule has 2 aromatic carbocycles. The number of carbonyl (C=O) groups is 1. The van der Waals surface area contributed by atoms with E-state index in [0.717, 1.165) is 4.47 Å². The van der Waals surface area contributed by atoms with Crippen LogP contribution in [0.1, 0.15) is 10.4 Å². The Kier molecular flexibility index (Phi) is 6.60. The number of nitrogens with one attached hydrogen (secondary N) is 2. The molecule has 0 saturated heterocycles. The van der Waals surface area contributed by atoms with E-state index in [1.54, 1.807) is 43.5 Å². The summed E-state index contributed by atoms with van der Waals surface area (Å²) in [5.41, 5.74) is 0.970. The van der Waals surface area contributed by atoms with Crippen LogP contribution in [0, 0.1) is 0 Å². The molecular weight excluding hydrogens is 408 g/mol. The standard InChI is InChI=1S/C17H17BrN2O4S/c1-22-11-5-6-13(15(9-11)24-3)19-17(25)20-16(21)12-8-10(18)4-7-14(12)23-2/h4-9H,1-3H3,(H2,19,20,21,25). The highest BCUT2D eigenvalue weighted by Crippen LogP contribution is 2.29. The molecule has 0 aliphatic rings. The molecule has 0 atom stereocenters. The molecule has 0 aliphatic carbocycles. The molecule has 0 radical (unpaired) electrons. The molecule has 0 fully saturated rings. The molecule has 0 heterocycles. The van der Waals surface area contributed by atoms with E-state index >= 15 is 0 Å². The van der Waals surface area contributed by atoms with Gasteiger partial charge in [-0.3, -0.25) is 10.1 Å². The third-order valence-electron chi connectivity index (χ3n) is 3.29. The number of amides is 1. The molecule has 1 amide bonds. The first-order valence-corrected chi connectivity index (χ1v) is 8.36. The number of hydrogen-bond donors (Lipinski definition) is 2. The summed E-state index contributed by atoms with van der Waals surface area (Å²) in [5.74, 6) is 1.25. The molecule has 132 valence electrons. The zero-order valence-electron chi connectivity index (χ0n) is 13.9. The minimum atomic E-state index is -0.386. The number of carbonyl (C=O) groups excluding carboxylic acids is 1. The van der Waals surface area contributed by atoms with Crippen molar-refractivity contribution < 1.29 is 19.0 Å². The molecule has 0 unspecified atom stereocenters. The molecule has 25 heavy (non-hydrogen) atoms. The lowest BCUT2D eigenvalue weighted by Crippen LogP contribution is -2.34. The highest BCUT2D eigenvalue weighted by Gasteiger charge is 2.15. The predicted molar refractivity (Wildman–Crippen MR) is 104 cm³/mol. The second kappa shape index (κ2) is 8.68. The minimum Gasteiger partial charge on any atom is -0.497 e. The second-order valence-electron chi connectivity index (χ2n) is 4.82. The zero-order chi connectivity index (χ0) is 18.4. The van der Waals surface area contributed by atoms with E-state index < -0.39 is 0 Å².